The lowest BCUT2D eigenvalue weighted by molar-refractivity contribution is 0.384. The van der Waals surface area contributed by atoms with Crippen LogP contribution in [0.25, 0.3) is 10.6 Å². The largest absolute Gasteiger partial charge is 0.353 e. The van der Waals surface area contributed by atoms with Gasteiger partial charge in [-0.2, -0.15) is 9.40 Å². The first kappa shape index (κ1) is 17.8. The lowest BCUT2D eigenvalue weighted by Gasteiger charge is -2.34. The topological polar surface area (TPSA) is 112 Å². The number of thiophene rings is 1. The van der Waals surface area contributed by atoms with Crippen molar-refractivity contribution in [1.82, 2.24) is 24.5 Å². The van der Waals surface area contributed by atoms with Crippen LogP contribution < -0.4 is 10.5 Å². The van der Waals surface area contributed by atoms with Crippen molar-refractivity contribution >= 4 is 27.2 Å². The fraction of sp³-hybridized carbons (Fsp3) is 0.250. The third-order valence-electron chi connectivity index (χ3n) is 4.22. The zero-order chi connectivity index (χ0) is 18.9. The van der Waals surface area contributed by atoms with Crippen molar-refractivity contribution in [3.8, 4) is 10.6 Å². The van der Waals surface area contributed by atoms with Gasteiger partial charge in [0.05, 0.1) is 11.1 Å². The Kier molecular flexibility index (Phi) is 4.72. The highest BCUT2D eigenvalue weighted by atomic mass is 32.2. The van der Waals surface area contributed by atoms with E-state index in [1.807, 2.05) is 4.90 Å². The number of H-pyrrole nitrogens is 1. The summed E-state index contributed by atoms with van der Waals surface area (Å²) in [7, 11) is -3.57. The van der Waals surface area contributed by atoms with Crippen LogP contribution in [0.4, 0.5) is 5.82 Å². The van der Waals surface area contributed by atoms with Crippen molar-refractivity contribution in [3.05, 3.63) is 53.2 Å². The Balaban J connectivity index is 1.49. The number of aromatic nitrogens is 4. The highest BCUT2D eigenvalue weighted by molar-refractivity contribution is 7.91. The maximum Gasteiger partial charge on any atom is 0.264 e. The van der Waals surface area contributed by atoms with Gasteiger partial charge in [0, 0.05) is 44.6 Å². The van der Waals surface area contributed by atoms with Gasteiger partial charge in [-0.3, -0.25) is 9.78 Å². The lowest BCUT2D eigenvalue weighted by Crippen LogP contribution is -2.48. The molecule has 1 fully saturated rings. The van der Waals surface area contributed by atoms with E-state index in [2.05, 4.69) is 20.2 Å². The van der Waals surface area contributed by atoms with Gasteiger partial charge in [0.25, 0.3) is 15.6 Å². The van der Waals surface area contributed by atoms with E-state index in [-0.39, 0.29) is 9.77 Å². The summed E-state index contributed by atoms with van der Waals surface area (Å²) >= 11 is 1.14. The van der Waals surface area contributed by atoms with E-state index in [0.717, 1.165) is 17.2 Å². The number of aromatic amines is 1. The molecule has 0 atom stereocenters. The molecule has 27 heavy (non-hydrogen) atoms. The monoisotopic (exact) mass is 404 g/mol. The number of hydrogen-bond acceptors (Lipinski definition) is 8. The van der Waals surface area contributed by atoms with Crippen LogP contribution in [-0.2, 0) is 10.0 Å². The third-order valence-corrected chi connectivity index (χ3v) is 7.69. The average Bonchev–Trinajstić information content (AvgIpc) is 3.20. The first-order valence-electron chi connectivity index (χ1n) is 8.21. The van der Waals surface area contributed by atoms with Gasteiger partial charge in [0.15, 0.2) is 0 Å². The second-order valence-electron chi connectivity index (χ2n) is 5.88. The standard InChI is InChI=1S/C16H16N6O3S2/c23-15-3-1-12(19-20-15)13-2-4-16(26-13)27(24,25)22-9-7-21(8-10-22)14-11-17-5-6-18-14/h1-6,11H,7-10H2,(H,20,23). The summed E-state index contributed by atoms with van der Waals surface area (Å²) in [5.41, 5.74) is 0.234. The van der Waals surface area contributed by atoms with Crippen LogP contribution in [0.15, 0.2) is 51.9 Å². The van der Waals surface area contributed by atoms with Crippen LogP contribution in [0, 0.1) is 0 Å². The highest BCUT2D eigenvalue weighted by Crippen LogP contribution is 2.31. The number of nitrogens with one attached hydrogen (secondary N) is 1. The molecule has 0 bridgehead atoms. The summed E-state index contributed by atoms with van der Waals surface area (Å²) in [5.74, 6) is 0.747. The minimum Gasteiger partial charge on any atom is -0.353 e. The van der Waals surface area contributed by atoms with E-state index in [0.29, 0.717) is 36.8 Å². The highest BCUT2D eigenvalue weighted by Gasteiger charge is 2.30. The lowest BCUT2D eigenvalue weighted by atomic mass is 10.3. The Labute approximate surface area is 159 Å². The van der Waals surface area contributed by atoms with Crippen molar-refractivity contribution in [2.45, 2.75) is 4.21 Å². The van der Waals surface area contributed by atoms with Gasteiger partial charge < -0.3 is 4.90 Å². The summed E-state index contributed by atoms with van der Waals surface area (Å²) in [4.78, 5) is 22.1. The number of rotatable bonds is 4. The number of hydrogen-bond donors (Lipinski definition) is 1. The first-order valence-corrected chi connectivity index (χ1v) is 10.5. The Bertz CT molecular complexity index is 1070. The molecule has 0 aromatic carbocycles. The van der Waals surface area contributed by atoms with Crippen molar-refractivity contribution in [2.24, 2.45) is 0 Å². The Morgan fingerprint density at radius 1 is 1.04 bits per heavy atom. The quantitative estimate of drug-likeness (QED) is 0.684. The normalized spacial score (nSPS) is 15.8. The molecule has 11 heteroatoms. The van der Waals surface area contributed by atoms with E-state index < -0.39 is 10.0 Å². The minimum absolute atomic E-state index is 0.262. The van der Waals surface area contributed by atoms with E-state index >= 15 is 0 Å². The van der Waals surface area contributed by atoms with Gasteiger partial charge in [-0.1, -0.05) is 0 Å². The van der Waals surface area contributed by atoms with Gasteiger partial charge in [-0.15, -0.1) is 11.3 Å². The molecule has 1 aliphatic rings. The van der Waals surface area contributed by atoms with E-state index in [9.17, 15) is 13.2 Å². The average molecular weight is 404 g/mol. The van der Waals surface area contributed by atoms with Gasteiger partial charge >= 0.3 is 0 Å². The molecule has 0 radical (unpaired) electrons. The molecule has 0 aliphatic carbocycles. The molecule has 0 saturated carbocycles. The molecule has 3 aromatic rings. The second-order valence-corrected chi connectivity index (χ2v) is 9.13. The smallest absolute Gasteiger partial charge is 0.264 e. The predicted molar refractivity (Wildman–Crippen MR) is 101 cm³/mol. The third kappa shape index (κ3) is 3.61. The molecule has 3 aromatic heterocycles. The molecule has 0 amide bonds. The molecule has 9 nitrogen and oxygen atoms in total. The maximum absolute atomic E-state index is 12.9. The van der Waals surface area contributed by atoms with E-state index in [1.165, 1.54) is 10.4 Å². The van der Waals surface area contributed by atoms with E-state index in [1.54, 1.807) is 36.8 Å². The summed E-state index contributed by atoms with van der Waals surface area (Å²) in [6, 6.07) is 6.22. The summed E-state index contributed by atoms with van der Waals surface area (Å²) in [6.45, 7) is 1.86. The molecule has 4 rings (SSSR count). The number of sulfonamides is 1. The van der Waals surface area contributed by atoms with Crippen molar-refractivity contribution < 1.29 is 8.42 Å². The van der Waals surface area contributed by atoms with Crippen molar-refractivity contribution in [3.63, 3.8) is 0 Å². The fourth-order valence-electron chi connectivity index (χ4n) is 2.82. The number of nitrogens with zero attached hydrogens (tertiary/aromatic N) is 5. The Morgan fingerprint density at radius 3 is 2.52 bits per heavy atom. The molecule has 1 N–H and O–H groups in total. The van der Waals surface area contributed by atoms with Crippen LogP contribution in [-0.4, -0.2) is 59.1 Å². The summed E-state index contributed by atoms with van der Waals surface area (Å²) in [6.07, 6.45) is 4.90. The number of piperazine rings is 1. The van der Waals surface area contributed by atoms with Crippen molar-refractivity contribution in [1.29, 1.82) is 0 Å². The van der Waals surface area contributed by atoms with Crippen LogP contribution in [0.2, 0.25) is 0 Å². The molecule has 0 unspecified atom stereocenters. The number of anilines is 1. The zero-order valence-electron chi connectivity index (χ0n) is 14.1. The molecule has 1 saturated heterocycles. The Hall–Kier alpha value is -2.63. The second kappa shape index (κ2) is 7.18. The van der Waals surface area contributed by atoms with E-state index in [4.69, 9.17) is 0 Å². The molecule has 140 valence electrons. The SMILES string of the molecule is O=c1ccc(-c2ccc(S(=O)(=O)N3CCN(c4cnccn4)CC3)s2)n[nH]1. The molecule has 0 spiro atoms. The summed E-state index contributed by atoms with van der Waals surface area (Å²) < 4.78 is 27.6. The molecular formula is C16H16N6O3S2. The van der Waals surface area contributed by atoms with Crippen molar-refractivity contribution in [2.75, 3.05) is 31.1 Å². The fourth-order valence-corrected chi connectivity index (χ4v) is 5.67. The van der Waals surface area contributed by atoms with Gasteiger partial charge in [0.2, 0.25) is 0 Å². The zero-order valence-corrected chi connectivity index (χ0v) is 15.8. The van der Waals surface area contributed by atoms with Crippen LogP contribution in [0.5, 0.6) is 0 Å². The molecule has 1 aliphatic heterocycles. The Morgan fingerprint density at radius 2 is 1.85 bits per heavy atom. The molecule has 4 heterocycles. The van der Waals surface area contributed by atoms with Crippen LogP contribution in [0.3, 0.4) is 0 Å². The van der Waals surface area contributed by atoms with Crippen LogP contribution in [0.1, 0.15) is 0 Å². The minimum atomic E-state index is -3.57. The first-order chi connectivity index (χ1) is 13.0. The summed E-state index contributed by atoms with van der Waals surface area (Å²) in [5, 5.41) is 6.30. The predicted octanol–water partition coefficient (Wildman–Crippen LogP) is 0.799. The molecular weight excluding hydrogens is 388 g/mol. The van der Waals surface area contributed by atoms with Crippen LogP contribution >= 0.6 is 11.3 Å². The van der Waals surface area contributed by atoms with Gasteiger partial charge in [-0.25, -0.2) is 18.5 Å². The van der Waals surface area contributed by atoms with Gasteiger partial charge in [-0.05, 0) is 18.2 Å². The maximum atomic E-state index is 12.9. The van der Waals surface area contributed by atoms with Gasteiger partial charge in [0.1, 0.15) is 15.7 Å².